The zero-order valence-electron chi connectivity index (χ0n) is 9.72. The monoisotopic (exact) mass is 236 g/mol. The van der Waals surface area contributed by atoms with Crippen molar-refractivity contribution in [1.82, 2.24) is 4.98 Å². The van der Waals surface area contributed by atoms with Crippen molar-refractivity contribution in [2.45, 2.75) is 19.4 Å². The van der Waals surface area contributed by atoms with Gasteiger partial charge in [0.05, 0.1) is 6.61 Å². The number of nitrogens with zero attached hydrogens (tertiary/aromatic N) is 1. The average molecular weight is 236 g/mol. The van der Waals surface area contributed by atoms with Crippen molar-refractivity contribution < 1.29 is 14.6 Å². The number of carbonyl (C=O) groups is 1. The first-order chi connectivity index (χ1) is 8.16. The van der Waals surface area contributed by atoms with Gasteiger partial charge in [0, 0.05) is 12.6 Å². The van der Waals surface area contributed by atoms with Gasteiger partial charge in [0.2, 0.25) is 0 Å². The number of anilines is 1. The van der Waals surface area contributed by atoms with E-state index in [1.54, 1.807) is 12.1 Å². The molecule has 0 spiro atoms. The van der Waals surface area contributed by atoms with Crippen molar-refractivity contribution in [1.29, 1.82) is 0 Å². The summed E-state index contributed by atoms with van der Waals surface area (Å²) in [7, 11) is 0. The Morgan fingerprint density at radius 2 is 2.41 bits per heavy atom. The maximum Gasteiger partial charge on any atom is 0.354 e. The fourth-order valence-corrected chi connectivity index (χ4v) is 1.92. The van der Waals surface area contributed by atoms with E-state index >= 15 is 0 Å². The number of nitrogens with one attached hydrogen (secondary N) is 1. The summed E-state index contributed by atoms with van der Waals surface area (Å²) in [5.74, 6) is 0.0105. The Balaban J connectivity index is 2.07. The Morgan fingerprint density at radius 3 is 3.12 bits per heavy atom. The van der Waals surface area contributed by atoms with Crippen LogP contribution in [0.4, 0.5) is 5.82 Å². The first-order valence-corrected chi connectivity index (χ1v) is 5.71. The number of ether oxygens (including phenoxy) is 1. The van der Waals surface area contributed by atoms with Gasteiger partial charge < -0.3 is 15.2 Å². The molecule has 1 aromatic rings. The second-order valence-corrected chi connectivity index (χ2v) is 4.30. The number of carboxylic acid groups (broad SMARTS) is 1. The molecule has 2 heterocycles. The molecule has 0 radical (unpaired) electrons. The lowest BCUT2D eigenvalue weighted by molar-refractivity contribution is 0.0536. The van der Waals surface area contributed by atoms with Crippen molar-refractivity contribution in [3.63, 3.8) is 0 Å². The largest absolute Gasteiger partial charge is 0.477 e. The molecule has 17 heavy (non-hydrogen) atoms. The van der Waals surface area contributed by atoms with Crippen LogP contribution >= 0.6 is 0 Å². The van der Waals surface area contributed by atoms with Crippen molar-refractivity contribution >= 4 is 11.8 Å². The molecule has 5 nitrogen and oxygen atoms in total. The van der Waals surface area contributed by atoms with Crippen molar-refractivity contribution in [2.75, 3.05) is 18.5 Å². The van der Waals surface area contributed by atoms with Crippen LogP contribution in [0.2, 0.25) is 0 Å². The lowest BCUT2D eigenvalue weighted by atomic mass is 9.98. The summed E-state index contributed by atoms with van der Waals surface area (Å²) in [5, 5.41) is 12.1. The van der Waals surface area contributed by atoms with Crippen molar-refractivity contribution in [3.05, 3.63) is 23.9 Å². The van der Waals surface area contributed by atoms with Gasteiger partial charge in [-0.25, -0.2) is 9.78 Å². The molecule has 1 fully saturated rings. The summed E-state index contributed by atoms with van der Waals surface area (Å²) in [6.45, 7) is 3.58. The fourth-order valence-electron chi connectivity index (χ4n) is 1.92. The molecule has 2 atom stereocenters. The van der Waals surface area contributed by atoms with E-state index in [1.807, 2.05) is 0 Å². The van der Waals surface area contributed by atoms with Crippen LogP contribution in [0.15, 0.2) is 18.2 Å². The van der Waals surface area contributed by atoms with Crippen LogP contribution in [0.1, 0.15) is 23.8 Å². The van der Waals surface area contributed by atoms with Crippen LogP contribution in [0, 0.1) is 5.92 Å². The Bertz CT molecular complexity index is 408. The molecular weight excluding hydrogens is 220 g/mol. The minimum Gasteiger partial charge on any atom is -0.477 e. The summed E-state index contributed by atoms with van der Waals surface area (Å²) in [6, 6.07) is 5.26. The van der Waals surface area contributed by atoms with Gasteiger partial charge >= 0.3 is 5.97 Å². The summed E-state index contributed by atoms with van der Waals surface area (Å²) >= 11 is 0. The molecule has 0 saturated carbocycles. The SMILES string of the molecule is CC1COCCC1Nc1cccc(C(=O)O)n1. The minimum absolute atomic E-state index is 0.0645. The Hall–Kier alpha value is -1.62. The first-order valence-electron chi connectivity index (χ1n) is 5.71. The number of aromatic nitrogens is 1. The van der Waals surface area contributed by atoms with Crippen LogP contribution in [-0.2, 0) is 4.74 Å². The molecule has 1 saturated heterocycles. The minimum atomic E-state index is -1.01. The topological polar surface area (TPSA) is 71.5 Å². The van der Waals surface area contributed by atoms with Crippen LogP contribution in [0.3, 0.4) is 0 Å². The van der Waals surface area contributed by atoms with E-state index in [2.05, 4.69) is 17.2 Å². The normalized spacial score (nSPS) is 24.3. The molecule has 2 unspecified atom stereocenters. The summed E-state index contributed by atoms with van der Waals surface area (Å²) in [5.41, 5.74) is 0.0645. The molecule has 1 aliphatic heterocycles. The first kappa shape index (κ1) is 11.9. The molecule has 2 rings (SSSR count). The highest BCUT2D eigenvalue weighted by Gasteiger charge is 2.22. The molecule has 1 aliphatic rings. The number of carboxylic acids is 1. The lowest BCUT2D eigenvalue weighted by Crippen LogP contribution is -2.36. The molecule has 1 aromatic heterocycles. The molecular formula is C12H16N2O3. The molecule has 0 amide bonds. The quantitative estimate of drug-likeness (QED) is 0.834. The average Bonchev–Trinajstić information content (AvgIpc) is 2.32. The lowest BCUT2D eigenvalue weighted by Gasteiger charge is -2.29. The standard InChI is InChI=1S/C12H16N2O3/c1-8-7-17-6-5-9(8)13-11-4-2-3-10(14-11)12(15)16/h2-4,8-9H,5-7H2,1H3,(H,13,14)(H,15,16). The molecule has 0 aliphatic carbocycles. The molecule has 0 aromatic carbocycles. The Morgan fingerprint density at radius 1 is 1.59 bits per heavy atom. The second kappa shape index (κ2) is 5.14. The van der Waals surface area contributed by atoms with Gasteiger partial charge in [0.15, 0.2) is 5.69 Å². The maximum absolute atomic E-state index is 10.8. The van der Waals surface area contributed by atoms with Gasteiger partial charge in [0.1, 0.15) is 5.82 Å². The number of rotatable bonds is 3. The highest BCUT2D eigenvalue weighted by molar-refractivity contribution is 5.85. The summed E-state index contributed by atoms with van der Waals surface area (Å²) in [4.78, 5) is 14.8. The number of pyridine rings is 1. The van der Waals surface area contributed by atoms with E-state index in [1.165, 1.54) is 6.07 Å². The van der Waals surface area contributed by atoms with Gasteiger partial charge in [0.25, 0.3) is 0 Å². The van der Waals surface area contributed by atoms with Crippen molar-refractivity contribution in [2.24, 2.45) is 5.92 Å². The van der Waals surface area contributed by atoms with Gasteiger partial charge in [-0.3, -0.25) is 0 Å². The predicted molar refractivity (Wildman–Crippen MR) is 63.2 cm³/mol. The van der Waals surface area contributed by atoms with Gasteiger partial charge in [-0.15, -0.1) is 0 Å². The zero-order valence-corrected chi connectivity index (χ0v) is 9.72. The maximum atomic E-state index is 10.8. The van der Waals surface area contributed by atoms with E-state index in [4.69, 9.17) is 9.84 Å². The van der Waals surface area contributed by atoms with E-state index < -0.39 is 5.97 Å². The van der Waals surface area contributed by atoms with Crippen molar-refractivity contribution in [3.8, 4) is 0 Å². The van der Waals surface area contributed by atoms with Gasteiger partial charge in [-0.2, -0.15) is 0 Å². The van der Waals surface area contributed by atoms with Crippen LogP contribution in [-0.4, -0.2) is 35.3 Å². The van der Waals surface area contributed by atoms with E-state index in [9.17, 15) is 4.79 Å². The summed E-state index contributed by atoms with van der Waals surface area (Å²) in [6.07, 6.45) is 0.917. The second-order valence-electron chi connectivity index (χ2n) is 4.30. The highest BCUT2D eigenvalue weighted by Crippen LogP contribution is 2.18. The van der Waals surface area contributed by atoms with Crippen LogP contribution < -0.4 is 5.32 Å². The third-order valence-corrected chi connectivity index (χ3v) is 2.94. The highest BCUT2D eigenvalue weighted by atomic mass is 16.5. The third kappa shape index (κ3) is 2.94. The zero-order chi connectivity index (χ0) is 12.3. The molecule has 2 N–H and O–H groups in total. The third-order valence-electron chi connectivity index (χ3n) is 2.94. The Labute approximate surface area is 99.8 Å². The molecule has 5 heteroatoms. The van der Waals surface area contributed by atoms with Gasteiger partial charge in [-0.1, -0.05) is 13.0 Å². The predicted octanol–water partition coefficient (Wildman–Crippen LogP) is 1.62. The Kier molecular flexibility index (Phi) is 3.58. The summed E-state index contributed by atoms with van der Waals surface area (Å²) < 4.78 is 5.36. The molecule has 92 valence electrons. The number of hydrogen-bond donors (Lipinski definition) is 2. The number of hydrogen-bond acceptors (Lipinski definition) is 4. The van der Waals surface area contributed by atoms with Crippen LogP contribution in [0.5, 0.6) is 0 Å². The van der Waals surface area contributed by atoms with Crippen LogP contribution in [0.25, 0.3) is 0 Å². The number of aromatic carboxylic acids is 1. The van der Waals surface area contributed by atoms with E-state index in [0.717, 1.165) is 19.6 Å². The van der Waals surface area contributed by atoms with E-state index in [0.29, 0.717) is 17.8 Å². The van der Waals surface area contributed by atoms with Gasteiger partial charge in [-0.05, 0) is 24.5 Å². The molecule has 0 bridgehead atoms. The fraction of sp³-hybridized carbons (Fsp3) is 0.500. The van der Waals surface area contributed by atoms with E-state index in [-0.39, 0.29) is 5.69 Å². The smallest absolute Gasteiger partial charge is 0.354 e.